The van der Waals surface area contributed by atoms with Crippen LogP contribution in [0.3, 0.4) is 0 Å². The third kappa shape index (κ3) is 1.39. The summed E-state index contributed by atoms with van der Waals surface area (Å²) in [5.41, 5.74) is 2.33. The van der Waals surface area contributed by atoms with E-state index in [9.17, 15) is 4.79 Å². The van der Waals surface area contributed by atoms with Crippen LogP contribution in [0.2, 0.25) is 0 Å². The molecule has 3 nitrogen and oxygen atoms in total. The lowest BCUT2D eigenvalue weighted by atomic mass is 10.1. The Morgan fingerprint density at radius 3 is 2.94 bits per heavy atom. The maximum Gasteiger partial charge on any atom is 0.146 e. The molecule has 1 aromatic heterocycles. The molecule has 1 saturated carbocycles. The molecule has 0 spiro atoms. The van der Waals surface area contributed by atoms with Gasteiger partial charge in [0, 0.05) is 23.5 Å². The molecule has 0 bridgehead atoms. The molecule has 0 amide bonds. The van der Waals surface area contributed by atoms with Gasteiger partial charge < -0.3 is 14.7 Å². The summed E-state index contributed by atoms with van der Waals surface area (Å²) in [5, 5.41) is 3.07. The van der Waals surface area contributed by atoms with E-state index in [0.717, 1.165) is 11.8 Å². The van der Waals surface area contributed by atoms with Crippen molar-refractivity contribution >= 4 is 12.4 Å². The van der Waals surface area contributed by atoms with E-state index in [4.69, 9.17) is 0 Å². The predicted molar refractivity (Wildman–Crippen MR) is 62.9 cm³/mol. The molecule has 0 aromatic carbocycles. The van der Waals surface area contributed by atoms with Gasteiger partial charge in [-0.1, -0.05) is 12.8 Å². The highest BCUT2D eigenvalue weighted by Gasteiger charge is 2.23. The molecule has 2 aliphatic rings. The highest BCUT2D eigenvalue weighted by molar-refractivity contribution is 5.68. The van der Waals surface area contributed by atoms with Crippen LogP contribution in [0.1, 0.15) is 49.0 Å². The summed E-state index contributed by atoms with van der Waals surface area (Å²) in [6.45, 7) is 0. The quantitative estimate of drug-likeness (QED) is 0.770. The molecule has 0 saturated heterocycles. The fourth-order valence-corrected chi connectivity index (χ4v) is 2.85. The van der Waals surface area contributed by atoms with Crippen LogP contribution in [-0.4, -0.2) is 10.9 Å². The highest BCUT2D eigenvalue weighted by Crippen LogP contribution is 2.34. The molecule has 1 unspecified atom stereocenters. The molecule has 2 heterocycles. The van der Waals surface area contributed by atoms with Crippen molar-refractivity contribution in [3.8, 4) is 0 Å². The molecule has 84 valence electrons. The molecular formula is C13H16N2O. The van der Waals surface area contributed by atoms with Crippen molar-refractivity contribution in [3.63, 3.8) is 0 Å². The van der Waals surface area contributed by atoms with Crippen LogP contribution in [0.25, 0.3) is 6.08 Å². The third-order valence-corrected chi connectivity index (χ3v) is 3.69. The van der Waals surface area contributed by atoms with E-state index >= 15 is 0 Å². The van der Waals surface area contributed by atoms with E-state index in [1.807, 2.05) is 6.20 Å². The molecule has 1 fully saturated rings. The van der Waals surface area contributed by atoms with Crippen LogP contribution in [-0.2, 0) is 4.79 Å². The molecule has 3 rings (SSSR count). The summed E-state index contributed by atoms with van der Waals surface area (Å²) >= 11 is 0. The van der Waals surface area contributed by atoms with Gasteiger partial charge >= 0.3 is 0 Å². The minimum absolute atomic E-state index is 0.164. The molecule has 1 aliphatic heterocycles. The normalized spacial score (nSPS) is 24.1. The topological polar surface area (TPSA) is 34.0 Å². The number of carbonyl (C=O) groups excluding carboxylic acids is 1. The molecule has 1 aliphatic carbocycles. The van der Waals surface area contributed by atoms with Gasteiger partial charge in [-0.2, -0.15) is 0 Å². The first-order chi connectivity index (χ1) is 7.90. The lowest BCUT2D eigenvalue weighted by molar-refractivity contribution is -0.109. The van der Waals surface area contributed by atoms with Crippen molar-refractivity contribution in [2.45, 2.75) is 37.8 Å². The van der Waals surface area contributed by atoms with Crippen molar-refractivity contribution in [1.29, 1.82) is 0 Å². The second kappa shape index (κ2) is 3.81. The minimum Gasteiger partial charge on any atom is -0.378 e. The third-order valence-electron chi connectivity index (χ3n) is 3.69. The maximum atomic E-state index is 10.9. The van der Waals surface area contributed by atoms with Gasteiger partial charge in [0.2, 0.25) is 0 Å². The largest absolute Gasteiger partial charge is 0.378 e. The van der Waals surface area contributed by atoms with Gasteiger partial charge in [0.15, 0.2) is 0 Å². The monoisotopic (exact) mass is 216 g/mol. The van der Waals surface area contributed by atoms with E-state index < -0.39 is 0 Å². The molecule has 16 heavy (non-hydrogen) atoms. The summed E-state index contributed by atoms with van der Waals surface area (Å²) in [4.78, 5) is 10.9. The van der Waals surface area contributed by atoms with Gasteiger partial charge in [-0.25, -0.2) is 0 Å². The Labute approximate surface area is 95.1 Å². The lowest BCUT2D eigenvalue weighted by Gasteiger charge is -2.20. The van der Waals surface area contributed by atoms with Crippen LogP contribution in [0.5, 0.6) is 0 Å². The Kier molecular flexibility index (Phi) is 2.31. The first-order valence-corrected chi connectivity index (χ1v) is 5.99. The van der Waals surface area contributed by atoms with Crippen molar-refractivity contribution in [2.75, 3.05) is 0 Å². The van der Waals surface area contributed by atoms with Gasteiger partial charge in [0.1, 0.15) is 12.3 Å². The number of aromatic nitrogens is 1. The Balaban J connectivity index is 2.00. The Bertz CT molecular complexity index is 427. The summed E-state index contributed by atoms with van der Waals surface area (Å²) in [7, 11) is 0. The Morgan fingerprint density at radius 2 is 2.19 bits per heavy atom. The SMILES string of the molecule is O=CC1NC=Cc2c1ccn2C1CCCC1. The van der Waals surface area contributed by atoms with E-state index in [1.54, 1.807) is 0 Å². The van der Waals surface area contributed by atoms with Crippen molar-refractivity contribution in [1.82, 2.24) is 9.88 Å². The molecule has 1 aromatic rings. The van der Waals surface area contributed by atoms with E-state index in [-0.39, 0.29) is 6.04 Å². The van der Waals surface area contributed by atoms with Crippen molar-refractivity contribution in [2.24, 2.45) is 0 Å². The molecule has 1 atom stereocenters. The van der Waals surface area contributed by atoms with Gasteiger partial charge in [-0.3, -0.25) is 0 Å². The maximum absolute atomic E-state index is 10.9. The summed E-state index contributed by atoms with van der Waals surface area (Å²) in [5.74, 6) is 0. The minimum atomic E-state index is -0.164. The van der Waals surface area contributed by atoms with Crippen LogP contribution in [0.4, 0.5) is 0 Å². The smallest absolute Gasteiger partial charge is 0.146 e. The Hall–Kier alpha value is -1.51. The van der Waals surface area contributed by atoms with Crippen LogP contribution in [0, 0.1) is 0 Å². The zero-order chi connectivity index (χ0) is 11.0. The molecule has 0 radical (unpaired) electrons. The van der Waals surface area contributed by atoms with Crippen molar-refractivity contribution in [3.05, 3.63) is 29.7 Å². The van der Waals surface area contributed by atoms with Crippen LogP contribution in [0.15, 0.2) is 18.5 Å². The molecular weight excluding hydrogens is 200 g/mol. The first kappa shape index (κ1) is 9.70. The molecule has 3 heteroatoms. The average Bonchev–Trinajstić information content (AvgIpc) is 2.96. The summed E-state index contributed by atoms with van der Waals surface area (Å²) < 4.78 is 2.34. The lowest BCUT2D eigenvalue weighted by Crippen LogP contribution is -2.21. The van der Waals surface area contributed by atoms with Gasteiger partial charge in [0.05, 0.1) is 0 Å². The number of aldehydes is 1. The van der Waals surface area contributed by atoms with Crippen LogP contribution >= 0.6 is 0 Å². The highest BCUT2D eigenvalue weighted by atomic mass is 16.1. The van der Waals surface area contributed by atoms with Crippen molar-refractivity contribution < 1.29 is 4.79 Å². The number of nitrogens with one attached hydrogen (secondary N) is 1. The van der Waals surface area contributed by atoms with E-state index in [2.05, 4.69) is 28.2 Å². The number of rotatable bonds is 2. The number of hydrogen-bond donors (Lipinski definition) is 1. The number of fused-ring (bicyclic) bond motifs is 1. The van der Waals surface area contributed by atoms with E-state index in [1.165, 1.54) is 31.4 Å². The fraction of sp³-hybridized carbons (Fsp3) is 0.462. The molecule has 1 N–H and O–H groups in total. The number of carbonyl (C=O) groups is 1. The number of hydrogen-bond acceptors (Lipinski definition) is 2. The predicted octanol–water partition coefficient (Wildman–Crippen LogP) is 2.42. The summed E-state index contributed by atoms with van der Waals surface area (Å²) in [6, 6.07) is 2.55. The summed E-state index contributed by atoms with van der Waals surface area (Å²) in [6.07, 6.45) is 12.3. The van der Waals surface area contributed by atoms with Gasteiger partial charge in [-0.15, -0.1) is 0 Å². The second-order valence-corrected chi connectivity index (χ2v) is 4.62. The average molecular weight is 216 g/mol. The standard InChI is InChI=1S/C13H16N2O/c16-9-12-11-6-8-15(10-3-1-2-4-10)13(11)5-7-14-12/h5-10,12,14H,1-4H2. The van der Waals surface area contributed by atoms with Gasteiger partial charge in [0.25, 0.3) is 0 Å². The Morgan fingerprint density at radius 1 is 1.38 bits per heavy atom. The number of nitrogens with zero attached hydrogens (tertiary/aromatic N) is 1. The second-order valence-electron chi connectivity index (χ2n) is 4.62. The zero-order valence-corrected chi connectivity index (χ0v) is 9.23. The van der Waals surface area contributed by atoms with E-state index in [0.29, 0.717) is 6.04 Å². The fourth-order valence-electron chi connectivity index (χ4n) is 2.85. The van der Waals surface area contributed by atoms with Gasteiger partial charge in [-0.05, 0) is 31.2 Å². The zero-order valence-electron chi connectivity index (χ0n) is 9.23. The first-order valence-electron chi connectivity index (χ1n) is 5.99. The van der Waals surface area contributed by atoms with Crippen LogP contribution < -0.4 is 5.32 Å².